The van der Waals surface area contributed by atoms with Crippen molar-refractivity contribution in [1.82, 2.24) is 0 Å². The van der Waals surface area contributed by atoms with E-state index < -0.39 is 41.2 Å². The minimum Gasteiger partial charge on any atom is -0.481 e. The number of rotatable bonds is 36. The normalized spacial score (nSPS) is 14.5. The van der Waals surface area contributed by atoms with Gasteiger partial charge < -0.3 is 52.8 Å². The summed E-state index contributed by atoms with van der Waals surface area (Å²) in [6.07, 6.45) is 5.20. The molecule has 2 N–H and O–H groups in total. The number of carboxylic acids is 2. The summed E-state index contributed by atoms with van der Waals surface area (Å²) < 4.78 is 58.8. The number of carboxylic acid groups (broad SMARTS) is 2. The van der Waals surface area contributed by atoms with Gasteiger partial charge in [0.2, 0.25) is 12.1 Å². The van der Waals surface area contributed by atoms with Gasteiger partial charge in [-0.2, -0.15) is 0 Å². The van der Waals surface area contributed by atoms with E-state index in [1.54, 1.807) is 48.5 Å². The molecule has 2 atom stereocenters. The van der Waals surface area contributed by atoms with Crippen molar-refractivity contribution in [3.63, 3.8) is 0 Å². The fraction of sp³-hybridized carbons (Fsp3) is 0.946. The summed E-state index contributed by atoms with van der Waals surface area (Å²) >= 11 is 0. The first-order chi connectivity index (χ1) is 24.1. The van der Waals surface area contributed by atoms with Gasteiger partial charge in [-0.25, -0.2) is 0 Å². The molecule has 0 aliphatic rings. The minimum absolute atomic E-state index is 0.00906. The number of hydrogen-bond donors (Lipinski definition) is 2. The zero-order chi connectivity index (χ0) is 37.9. The summed E-state index contributed by atoms with van der Waals surface area (Å²) in [6.45, 7) is 17.0. The predicted octanol–water partition coefficient (Wildman–Crippen LogP) is 7.52. The molecule has 0 saturated carbocycles. The van der Waals surface area contributed by atoms with Crippen LogP contribution in [0.3, 0.4) is 0 Å². The lowest BCUT2D eigenvalue weighted by molar-refractivity contribution is -0.543. The first-order valence-electron chi connectivity index (χ1n) is 19.2. The van der Waals surface area contributed by atoms with Crippen molar-refractivity contribution in [2.24, 2.45) is 5.41 Å². The summed E-state index contributed by atoms with van der Waals surface area (Å²) in [5.41, 5.74) is -2.34. The Labute approximate surface area is 302 Å². The van der Waals surface area contributed by atoms with Crippen molar-refractivity contribution in [3.8, 4) is 0 Å². The lowest BCUT2D eigenvalue weighted by Gasteiger charge is -2.60. The van der Waals surface area contributed by atoms with E-state index in [2.05, 4.69) is 13.8 Å². The standard InChI is InChI=1S/C37H72O13/c1-10-19-25-29-43-33(42-12-3)35(44-13-4,45-14-5)34(32(40)41,28-24-22-21-23-27-31(38)39)36(46-15-6,47-16-7)37(48-17-8,49-18-9)50-30-26-20-11-2/h33H,10-30H2,1-9H3,(H,38,39)(H,40,41). The average Bonchev–Trinajstić information content (AvgIpc) is 3.07. The Morgan fingerprint density at radius 3 is 1.46 bits per heavy atom. The molecule has 13 nitrogen and oxygen atoms in total. The van der Waals surface area contributed by atoms with E-state index in [1.165, 1.54) is 0 Å². The molecule has 2 unspecified atom stereocenters. The molecule has 13 heteroatoms. The van der Waals surface area contributed by atoms with Crippen molar-refractivity contribution in [1.29, 1.82) is 0 Å². The summed E-state index contributed by atoms with van der Waals surface area (Å²) in [5, 5.41) is 21.2. The maximum Gasteiger partial charge on any atom is 0.342 e. The molecule has 0 fully saturated rings. The largest absolute Gasteiger partial charge is 0.481 e. The fourth-order valence-corrected chi connectivity index (χ4v) is 6.48. The minimum atomic E-state index is -2.37. The zero-order valence-electron chi connectivity index (χ0n) is 32.8. The van der Waals surface area contributed by atoms with Gasteiger partial charge in [0.1, 0.15) is 0 Å². The molecule has 0 aromatic heterocycles. The molecule has 0 aromatic carbocycles. The molecular formula is C37H72O13. The molecule has 0 aliphatic heterocycles. The van der Waals surface area contributed by atoms with Crippen LogP contribution in [0.5, 0.6) is 0 Å². The molecule has 50 heavy (non-hydrogen) atoms. The van der Waals surface area contributed by atoms with Crippen LogP contribution < -0.4 is 0 Å². The molecule has 0 amide bonds. The Bertz CT molecular complexity index is 852. The number of aliphatic carboxylic acids is 2. The maximum atomic E-state index is 14.7. The predicted molar refractivity (Wildman–Crippen MR) is 190 cm³/mol. The van der Waals surface area contributed by atoms with E-state index in [-0.39, 0.29) is 78.7 Å². The first kappa shape index (κ1) is 48.6. The van der Waals surface area contributed by atoms with Gasteiger partial charge in [-0.15, -0.1) is 0 Å². The number of unbranched alkanes of at least 4 members (excludes halogenated alkanes) is 7. The van der Waals surface area contributed by atoms with Gasteiger partial charge in [0.05, 0.1) is 6.61 Å². The third kappa shape index (κ3) is 12.6. The molecule has 0 spiro atoms. The van der Waals surface area contributed by atoms with Crippen molar-refractivity contribution in [3.05, 3.63) is 0 Å². The molecule has 0 saturated heterocycles. The Hall–Kier alpha value is -1.42. The van der Waals surface area contributed by atoms with Gasteiger partial charge in [-0.05, 0) is 74.1 Å². The van der Waals surface area contributed by atoms with Crippen molar-refractivity contribution >= 4 is 11.9 Å². The van der Waals surface area contributed by atoms with Gasteiger partial charge in [-0.1, -0.05) is 58.8 Å². The molecule has 0 bridgehead atoms. The highest BCUT2D eigenvalue weighted by atomic mass is 16.9. The Balaban J connectivity index is 8.37. The van der Waals surface area contributed by atoms with Crippen molar-refractivity contribution in [2.75, 3.05) is 59.5 Å². The molecule has 0 rings (SSSR count). The number of carbonyl (C=O) groups is 2. The van der Waals surface area contributed by atoms with E-state index in [1.807, 2.05) is 0 Å². The molecule has 0 heterocycles. The van der Waals surface area contributed by atoms with E-state index >= 15 is 0 Å². The topological polar surface area (TPSA) is 158 Å². The Morgan fingerprint density at radius 2 is 1.02 bits per heavy atom. The SMILES string of the molecule is CCCCCOC(OCC)C(OCC)(OCC)C(CCCCCCC(=O)O)(C(=O)O)C(OCC)(OCC)C(OCC)(OCC)OCCCCC. The van der Waals surface area contributed by atoms with Crippen LogP contribution in [0.1, 0.15) is 139 Å². The molecule has 298 valence electrons. The molecule has 0 radical (unpaired) electrons. The van der Waals surface area contributed by atoms with Crippen LogP contribution in [0.15, 0.2) is 0 Å². The van der Waals surface area contributed by atoms with Crippen LogP contribution in [0.25, 0.3) is 0 Å². The second-order valence-electron chi connectivity index (χ2n) is 11.9. The van der Waals surface area contributed by atoms with Gasteiger partial charge >= 0.3 is 17.9 Å². The van der Waals surface area contributed by atoms with E-state index in [4.69, 9.17) is 42.6 Å². The van der Waals surface area contributed by atoms with E-state index in [0.29, 0.717) is 32.1 Å². The van der Waals surface area contributed by atoms with Gasteiger partial charge in [0, 0.05) is 59.3 Å². The summed E-state index contributed by atoms with van der Waals surface area (Å²) in [5.74, 6) is -9.07. The quantitative estimate of drug-likeness (QED) is 0.0483. The Morgan fingerprint density at radius 1 is 0.520 bits per heavy atom. The zero-order valence-corrected chi connectivity index (χ0v) is 32.8. The van der Waals surface area contributed by atoms with Crippen LogP contribution in [0.4, 0.5) is 0 Å². The lowest BCUT2D eigenvalue weighted by Crippen LogP contribution is -2.81. The van der Waals surface area contributed by atoms with Gasteiger partial charge in [-0.3, -0.25) is 9.59 Å². The van der Waals surface area contributed by atoms with Gasteiger partial charge in [0.25, 0.3) is 5.79 Å². The first-order valence-corrected chi connectivity index (χ1v) is 19.2. The highest BCUT2D eigenvalue weighted by molar-refractivity contribution is 5.78. The average molecular weight is 725 g/mol. The molecular weight excluding hydrogens is 652 g/mol. The van der Waals surface area contributed by atoms with Crippen LogP contribution >= 0.6 is 0 Å². The van der Waals surface area contributed by atoms with Crippen molar-refractivity contribution < 1.29 is 62.4 Å². The highest BCUT2D eigenvalue weighted by Crippen LogP contribution is 2.59. The smallest absolute Gasteiger partial charge is 0.342 e. The number of ether oxygens (including phenoxy) is 9. The monoisotopic (exact) mass is 724 g/mol. The Kier molecular flexibility index (Phi) is 26.5. The summed E-state index contributed by atoms with van der Waals surface area (Å²) in [7, 11) is 0. The van der Waals surface area contributed by atoms with E-state index in [9.17, 15) is 19.8 Å². The van der Waals surface area contributed by atoms with Gasteiger partial charge in [0.15, 0.2) is 5.41 Å². The second kappa shape index (κ2) is 27.2. The van der Waals surface area contributed by atoms with Crippen LogP contribution in [-0.4, -0.2) is 105 Å². The van der Waals surface area contributed by atoms with E-state index in [0.717, 1.165) is 25.7 Å². The molecule has 0 aromatic rings. The maximum absolute atomic E-state index is 14.7. The summed E-state index contributed by atoms with van der Waals surface area (Å²) in [6, 6.07) is 0. The lowest BCUT2D eigenvalue weighted by atomic mass is 9.65. The summed E-state index contributed by atoms with van der Waals surface area (Å²) in [4.78, 5) is 25.9. The third-order valence-corrected chi connectivity index (χ3v) is 8.38. The third-order valence-electron chi connectivity index (χ3n) is 8.38. The van der Waals surface area contributed by atoms with Crippen LogP contribution in [0, 0.1) is 5.41 Å². The fourth-order valence-electron chi connectivity index (χ4n) is 6.48. The second-order valence-corrected chi connectivity index (χ2v) is 11.9. The molecule has 0 aliphatic carbocycles. The van der Waals surface area contributed by atoms with Crippen molar-refractivity contribution in [2.45, 2.75) is 163 Å². The van der Waals surface area contributed by atoms with Crippen LogP contribution in [0.2, 0.25) is 0 Å². The highest BCUT2D eigenvalue weighted by Gasteiger charge is 2.82. The van der Waals surface area contributed by atoms with Crippen LogP contribution in [-0.2, 0) is 52.2 Å². The number of hydrogen-bond acceptors (Lipinski definition) is 11.